The van der Waals surface area contributed by atoms with Crippen LogP contribution in [0, 0.1) is 12.3 Å². The average Bonchev–Trinajstić information content (AvgIpc) is 2.37. The molecular formula is C14H19NO2. The second-order valence-corrected chi connectivity index (χ2v) is 3.62. The van der Waals surface area contributed by atoms with E-state index in [-0.39, 0.29) is 0 Å². The highest BCUT2D eigenvalue weighted by Crippen LogP contribution is 2.25. The van der Waals surface area contributed by atoms with E-state index in [4.69, 9.17) is 21.6 Å². The van der Waals surface area contributed by atoms with Crippen LogP contribution in [0.5, 0.6) is 11.5 Å². The number of terminal acetylenes is 1. The van der Waals surface area contributed by atoms with Gasteiger partial charge in [-0.2, -0.15) is 0 Å². The molecule has 0 bridgehead atoms. The van der Waals surface area contributed by atoms with E-state index in [0.717, 1.165) is 23.5 Å². The van der Waals surface area contributed by atoms with Crippen LogP contribution in [0.25, 0.3) is 0 Å². The topological polar surface area (TPSA) is 44.5 Å². The minimum atomic E-state index is 0.444. The fraction of sp³-hybridized carbons (Fsp3) is 0.429. The van der Waals surface area contributed by atoms with Crippen molar-refractivity contribution in [3.63, 3.8) is 0 Å². The van der Waals surface area contributed by atoms with Gasteiger partial charge in [0.05, 0.1) is 13.2 Å². The Morgan fingerprint density at radius 2 is 2.12 bits per heavy atom. The highest BCUT2D eigenvalue weighted by molar-refractivity contribution is 5.40. The van der Waals surface area contributed by atoms with Gasteiger partial charge in [0.15, 0.2) is 0 Å². The first-order chi connectivity index (χ1) is 8.31. The normalized spacial score (nSPS) is 9.71. The summed E-state index contributed by atoms with van der Waals surface area (Å²) in [6.07, 6.45) is 6.74. The van der Waals surface area contributed by atoms with Gasteiger partial charge in [0.1, 0.15) is 11.5 Å². The molecule has 0 spiro atoms. The molecule has 0 aromatic heterocycles. The maximum atomic E-state index is 5.64. The van der Waals surface area contributed by atoms with Crippen LogP contribution in [0.3, 0.4) is 0 Å². The smallest absolute Gasteiger partial charge is 0.127 e. The van der Waals surface area contributed by atoms with Crippen LogP contribution in [0.4, 0.5) is 0 Å². The summed E-state index contributed by atoms with van der Waals surface area (Å²) in [6, 6.07) is 5.70. The van der Waals surface area contributed by atoms with Gasteiger partial charge >= 0.3 is 0 Å². The second kappa shape index (κ2) is 7.59. The Morgan fingerprint density at radius 1 is 1.29 bits per heavy atom. The van der Waals surface area contributed by atoms with E-state index in [0.29, 0.717) is 26.2 Å². The zero-order chi connectivity index (χ0) is 12.5. The Kier molecular flexibility index (Phi) is 5.98. The quantitative estimate of drug-likeness (QED) is 0.580. The number of ether oxygens (including phenoxy) is 2. The monoisotopic (exact) mass is 233 g/mol. The molecule has 0 aliphatic rings. The molecule has 0 aliphatic heterocycles. The van der Waals surface area contributed by atoms with Gasteiger partial charge in [-0.05, 0) is 12.5 Å². The van der Waals surface area contributed by atoms with E-state index in [2.05, 4.69) is 12.8 Å². The highest BCUT2D eigenvalue weighted by atomic mass is 16.5. The number of hydrogen-bond donors (Lipinski definition) is 1. The summed E-state index contributed by atoms with van der Waals surface area (Å²) < 4.78 is 11.1. The molecular weight excluding hydrogens is 214 g/mol. The van der Waals surface area contributed by atoms with Gasteiger partial charge in [-0.15, -0.1) is 12.3 Å². The van der Waals surface area contributed by atoms with Crippen LogP contribution in [-0.2, 0) is 6.54 Å². The van der Waals surface area contributed by atoms with E-state index in [1.54, 1.807) is 0 Å². The molecule has 0 unspecified atom stereocenters. The number of benzene rings is 1. The first kappa shape index (κ1) is 13.4. The summed E-state index contributed by atoms with van der Waals surface area (Å²) in [5, 5.41) is 0. The predicted octanol–water partition coefficient (Wildman–Crippen LogP) is 2.34. The molecule has 0 saturated heterocycles. The van der Waals surface area contributed by atoms with Crippen molar-refractivity contribution in [2.24, 2.45) is 5.73 Å². The average molecular weight is 233 g/mol. The van der Waals surface area contributed by atoms with Crippen molar-refractivity contribution in [3.05, 3.63) is 23.8 Å². The zero-order valence-corrected chi connectivity index (χ0v) is 10.2. The molecule has 17 heavy (non-hydrogen) atoms. The molecule has 0 atom stereocenters. The standard InChI is InChI=1S/C14H19NO2/c1-3-5-9-17-14-10-13(16-8-4-2)7-6-12(14)11-15/h1,6-7,10H,4-5,8-9,11,15H2,2H3. The van der Waals surface area contributed by atoms with Crippen molar-refractivity contribution in [1.82, 2.24) is 0 Å². The van der Waals surface area contributed by atoms with E-state index >= 15 is 0 Å². The number of hydrogen-bond acceptors (Lipinski definition) is 3. The molecule has 1 aromatic carbocycles. The van der Waals surface area contributed by atoms with E-state index in [1.165, 1.54) is 0 Å². The fourth-order valence-corrected chi connectivity index (χ4v) is 1.37. The lowest BCUT2D eigenvalue weighted by Crippen LogP contribution is -2.04. The lowest BCUT2D eigenvalue weighted by Gasteiger charge is -2.12. The van der Waals surface area contributed by atoms with Gasteiger partial charge in [-0.1, -0.05) is 13.0 Å². The Hall–Kier alpha value is -1.66. The van der Waals surface area contributed by atoms with E-state index in [1.807, 2.05) is 18.2 Å². The molecule has 0 aliphatic carbocycles. The Bertz CT molecular complexity index is 382. The lowest BCUT2D eigenvalue weighted by molar-refractivity contribution is 0.304. The molecule has 0 radical (unpaired) electrons. The molecule has 0 amide bonds. The third-order valence-electron chi connectivity index (χ3n) is 2.24. The van der Waals surface area contributed by atoms with Gasteiger partial charge in [-0.25, -0.2) is 0 Å². The Labute approximate surface area is 103 Å². The zero-order valence-electron chi connectivity index (χ0n) is 10.2. The Balaban J connectivity index is 2.72. The summed E-state index contributed by atoms with van der Waals surface area (Å²) >= 11 is 0. The minimum Gasteiger partial charge on any atom is -0.493 e. The molecule has 0 fully saturated rings. The van der Waals surface area contributed by atoms with Crippen LogP contribution in [0.1, 0.15) is 25.3 Å². The fourth-order valence-electron chi connectivity index (χ4n) is 1.37. The van der Waals surface area contributed by atoms with Crippen LogP contribution < -0.4 is 15.2 Å². The highest BCUT2D eigenvalue weighted by Gasteiger charge is 2.04. The summed E-state index contributed by atoms with van der Waals surface area (Å²) in [5.74, 6) is 4.10. The van der Waals surface area contributed by atoms with Crippen molar-refractivity contribution in [1.29, 1.82) is 0 Å². The van der Waals surface area contributed by atoms with Crippen LogP contribution in [-0.4, -0.2) is 13.2 Å². The van der Waals surface area contributed by atoms with Gasteiger partial charge in [0, 0.05) is 24.6 Å². The first-order valence-corrected chi connectivity index (χ1v) is 5.83. The first-order valence-electron chi connectivity index (χ1n) is 5.83. The number of rotatable bonds is 7. The molecule has 3 heteroatoms. The van der Waals surface area contributed by atoms with Crippen molar-refractivity contribution in [2.45, 2.75) is 26.3 Å². The lowest BCUT2D eigenvalue weighted by atomic mass is 10.2. The molecule has 92 valence electrons. The third-order valence-corrected chi connectivity index (χ3v) is 2.24. The van der Waals surface area contributed by atoms with Crippen molar-refractivity contribution >= 4 is 0 Å². The van der Waals surface area contributed by atoms with Crippen molar-refractivity contribution in [2.75, 3.05) is 13.2 Å². The van der Waals surface area contributed by atoms with Crippen molar-refractivity contribution in [3.8, 4) is 23.8 Å². The van der Waals surface area contributed by atoms with E-state index < -0.39 is 0 Å². The van der Waals surface area contributed by atoms with Gasteiger partial charge in [0.2, 0.25) is 0 Å². The SMILES string of the molecule is C#CCCOc1cc(OCCC)ccc1CN. The summed E-state index contributed by atoms with van der Waals surface area (Å²) in [4.78, 5) is 0. The molecule has 0 saturated carbocycles. The molecule has 0 heterocycles. The number of nitrogens with two attached hydrogens (primary N) is 1. The molecule has 3 nitrogen and oxygen atoms in total. The van der Waals surface area contributed by atoms with Crippen LogP contribution in [0.2, 0.25) is 0 Å². The van der Waals surface area contributed by atoms with E-state index in [9.17, 15) is 0 Å². The predicted molar refractivity (Wildman–Crippen MR) is 69.1 cm³/mol. The molecule has 1 rings (SSSR count). The summed E-state index contributed by atoms with van der Waals surface area (Å²) in [6.45, 7) is 3.71. The molecule has 1 aromatic rings. The maximum Gasteiger partial charge on any atom is 0.127 e. The Morgan fingerprint density at radius 3 is 2.76 bits per heavy atom. The largest absolute Gasteiger partial charge is 0.493 e. The van der Waals surface area contributed by atoms with Gasteiger partial charge < -0.3 is 15.2 Å². The summed E-state index contributed by atoms with van der Waals surface area (Å²) in [5.41, 5.74) is 6.61. The van der Waals surface area contributed by atoms with Crippen LogP contribution >= 0.6 is 0 Å². The van der Waals surface area contributed by atoms with Crippen LogP contribution in [0.15, 0.2) is 18.2 Å². The van der Waals surface area contributed by atoms with Gasteiger partial charge in [-0.3, -0.25) is 0 Å². The summed E-state index contributed by atoms with van der Waals surface area (Å²) in [7, 11) is 0. The third kappa shape index (κ3) is 4.38. The van der Waals surface area contributed by atoms with Gasteiger partial charge in [0.25, 0.3) is 0 Å². The second-order valence-electron chi connectivity index (χ2n) is 3.62. The maximum absolute atomic E-state index is 5.64. The minimum absolute atomic E-state index is 0.444. The molecule has 2 N–H and O–H groups in total. The van der Waals surface area contributed by atoms with Crippen molar-refractivity contribution < 1.29 is 9.47 Å².